The van der Waals surface area contributed by atoms with E-state index in [9.17, 15) is 9.59 Å². The van der Waals surface area contributed by atoms with Gasteiger partial charge in [0.05, 0.1) is 19.8 Å². The summed E-state index contributed by atoms with van der Waals surface area (Å²) < 4.78 is 15.0. The van der Waals surface area contributed by atoms with Gasteiger partial charge in [-0.15, -0.1) is 0 Å². The van der Waals surface area contributed by atoms with Crippen molar-refractivity contribution >= 4 is 23.5 Å². The summed E-state index contributed by atoms with van der Waals surface area (Å²) in [5.74, 6) is -0.234. The van der Waals surface area contributed by atoms with Gasteiger partial charge in [-0.25, -0.2) is 4.79 Å². The number of carbonyl (C=O) groups excluding carboxylic acids is 2. The average molecular weight is 416 g/mol. The molecule has 1 heterocycles. The summed E-state index contributed by atoms with van der Waals surface area (Å²) in [6, 6.07) is 12.1. The normalized spacial score (nSPS) is 10.4. The largest absolute Gasteiger partial charge is 0.496 e. The van der Waals surface area contributed by atoms with Crippen molar-refractivity contribution < 1.29 is 23.6 Å². The highest BCUT2D eigenvalue weighted by atomic mass is 35.5. The molecule has 3 rings (SSSR count). The van der Waals surface area contributed by atoms with Crippen molar-refractivity contribution in [1.29, 1.82) is 0 Å². The van der Waals surface area contributed by atoms with E-state index in [1.165, 1.54) is 7.11 Å². The first-order valence-electron chi connectivity index (χ1n) is 8.61. The van der Waals surface area contributed by atoms with Crippen LogP contribution in [0.5, 0.6) is 5.75 Å². The van der Waals surface area contributed by atoms with Crippen LogP contribution < -0.4 is 10.1 Å². The fourth-order valence-electron chi connectivity index (χ4n) is 2.64. The number of ether oxygens (including phenoxy) is 2. The van der Waals surface area contributed by atoms with E-state index in [0.29, 0.717) is 21.9 Å². The molecule has 1 amide bonds. The Morgan fingerprint density at radius 3 is 2.69 bits per heavy atom. The van der Waals surface area contributed by atoms with Gasteiger partial charge in [-0.3, -0.25) is 4.79 Å². The molecule has 150 valence electrons. The lowest BCUT2D eigenvalue weighted by atomic mass is 10.1. The van der Waals surface area contributed by atoms with Gasteiger partial charge in [0.1, 0.15) is 5.75 Å². The van der Waals surface area contributed by atoms with Crippen LogP contribution in [0.15, 0.2) is 47.0 Å². The van der Waals surface area contributed by atoms with Crippen molar-refractivity contribution in [3.63, 3.8) is 0 Å². The number of para-hydroxylation sites is 1. The highest BCUT2D eigenvalue weighted by Gasteiger charge is 2.17. The zero-order valence-electron chi connectivity index (χ0n) is 15.8. The molecule has 1 aromatic heterocycles. The highest BCUT2D eigenvalue weighted by molar-refractivity contribution is 6.31. The minimum Gasteiger partial charge on any atom is -0.496 e. The van der Waals surface area contributed by atoms with E-state index in [1.54, 1.807) is 31.4 Å². The number of rotatable bonds is 7. The highest BCUT2D eigenvalue weighted by Crippen LogP contribution is 2.21. The predicted octanol–water partition coefficient (Wildman–Crippen LogP) is 3.04. The Labute approximate surface area is 171 Å². The molecule has 9 heteroatoms. The van der Waals surface area contributed by atoms with Crippen molar-refractivity contribution in [2.75, 3.05) is 14.2 Å². The standard InChI is InChI=1S/C20H18ClN3O5/c1-27-16-6-4-3-5-13(16)11-22-18(25)19-23-17(24-29-19)10-14-9-12(20(26)28-2)7-8-15(14)21/h3-9H,10-11H2,1-2H3,(H,22,25). The van der Waals surface area contributed by atoms with Crippen LogP contribution in [0.25, 0.3) is 0 Å². The molecule has 1 N–H and O–H groups in total. The van der Waals surface area contributed by atoms with Crippen molar-refractivity contribution in [2.45, 2.75) is 13.0 Å². The van der Waals surface area contributed by atoms with Gasteiger partial charge in [0.2, 0.25) is 0 Å². The third-order valence-electron chi connectivity index (χ3n) is 4.11. The zero-order chi connectivity index (χ0) is 20.8. The fraction of sp³-hybridized carbons (Fsp3) is 0.200. The molecule has 0 spiro atoms. The topological polar surface area (TPSA) is 104 Å². The van der Waals surface area contributed by atoms with Crippen molar-refractivity contribution in [1.82, 2.24) is 15.5 Å². The van der Waals surface area contributed by atoms with Gasteiger partial charge >= 0.3 is 17.8 Å². The third kappa shape index (κ3) is 4.91. The lowest BCUT2D eigenvalue weighted by Crippen LogP contribution is -2.23. The number of hydrogen-bond acceptors (Lipinski definition) is 7. The number of benzene rings is 2. The van der Waals surface area contributed by atoms with Gasteiger partial charge in [-0.1, -0.05) is 35.0 Å². The first-order valence-corrected chi connectivity index (χ1v) is 8.99. The summed E-state index contributed by atoms with van der Waals surface area (Å²) in [6.45, 7) is 0.244. The number of hydrogen-bond donors (Lipinski definition) is 1. The van der Waals surface area contributed by atoms with Gasteiger partial charge in [-0.05, 0) is 29.8 Å². The van der Waals surface area contributed by atoms with Crippen LogP contribution >= 0.6 is 11.6 Å². The van der Waals surface area contributed by atoms with Crippen LogP contribution in [-0.4, -0.2) is 36.2 Å². The van der Waals surface area contributed by atoms with Crippen LogP contribution in [0.2, 0.25) is 5.02 Å². The van der Waals surface area contributed by atoms with E-state index in [1.807, 2.05) is 18.2 Å². The summed E-state index contributed by atoms with van der Waals surface area (Å²) in [5, 5.41) is 6.95. The molecular weight excluding hydrogens is 398 g/mol. The van der Waals surface area contributed by atoms with Crippen LogP contribution in [0.4, 0.5) is 0 Å². The molecule has 0 atom stereocenters. The Balaban J connectivity index is 1.68. The summed E-state index contributed by atoms with van der Waals surface area (Å²) in [7, 11) is 2.86. The number of aromatic nitrogens is 2. The Bertz CT molecular complexity index is 1030. The number of nitrogens with one attached hydrogen (secondary N) is 1. The van der Waals surface area contributed by atoms with Gasteiger partial charge in [0.15, 0.2) is 5.82 Å². The Kier molecular flexibility index (Phi) is 6.46. The fourth-order valence-corrected chi connectivity index (χ4v) is 2.83. The minimum atomic E-state index is -0.510. The molecule has 8 nitrogen and oxygen atoms in total. The SMILES string of the molecule is COC(=O)c1ccc(Cl)c(Cc2noc(C(=O)NCc3ccccc3OC)n2)c1. The third-order valence-corrected chi connectivity index (χ3v) is 4.48. The smallest absolute Gasteiger partial charge is 0.337 e. The summed E-state index contributed by atoms with van der Waals surface area (Å²) in [4.78, 5) is 28.1. The molecule has 0 bridgehead atoms. The van der Waals surface area contributed by atoms with Gasteiger partial charge < -0.3 is 19.3 Å². The lowest BCUT2D eigenvalue weighted by Gasteiger charge is -2.08. The summed E-state index contributed by atoms with van der Waals surface area (Å²) in [5.41, 5.74) is 1.77. The van der Waals surface area contributed by atoms with Crippen molar-refractivity contribution in [3.05, 3.63) is 75.9 Å². The van der Waals surface area contributed by atoms with Crippen LogP contribution in [-0.2, 0) is 17.7 Å². The summed E-state index contributed by atoms with van der Waals surface area (Å²) in [6.07, 6.45) is 0.187. The Morgan fingerprint density at radius 1 is 1.14 bits per heavy atom. The first-order chi connectivity index (χ1) is 14.0. The van der Waals surface area contributed by atoms with Gasteiger partial charge in [-0.2, -0.15) is 4.98 Å². The quantitative estimate of drug-likeness (QED) is 0.591. The number of esters is 1. The predicted molar refractivity (Wildman–Crippen MR) is 104 cm³/mol. The van der Waals surface area contributed by atoms with E-state index in [4.69, 9.17) is 25.6 Å². The molecule has 0 radical (unpaired) electrons. The lowest BCUT2D eigenvalue weighted by molar-refractivity contribution is 0.0600. The second kappa shape index (κ2) is 9.20. The van der Waals surface area contributed by atoms with Crippen LogP contribution in [0.1, 0.15) is 38.0 Å². The molecule has 0 aliphatic heterocycles. The molecule has 0 saturated carbocycles. The number of halogens is 1. The van der Waals surface area contributed by atoms with E-state index in [-0.39, 0.29) is 24.7 Å². The second-order valence-corrected chi connectivity index (χ2v) is 6.39. The molecule has 0 aliphatic rings. The number of methoxy groups -OCH3 is 2. The number of nitrogens with zero attached hydrogens (tertiary/aromatic N) is 2. The number of carbonyl (C=O) groups is 2. The Hall–Kier alpha value is -3.39. The van der Waals surface area contributed by atoms with Gasteiger partial charge in [0.25, 0.3) is 0 Å². The van der Waals surface area contributed by atoms with E-state index < -0.39 is 11.9 Å². The molecule has 0 fully saturated rings. The van der Waals surface area contributed by atoms with E-state index in [0.717, 1.165) is 5.56 Å². The van der Waals surface area contributed by atoms with Crippen molar-refractivity contribution in [2.24, 2.45) is 0 Å². The van der Waals surface area contributed by atoms with Crippen LogP contribution in [0.3, 0.4) is 0 Å². The monoisotopic (exact) mass is 415 g/mol. The van der Waals surface area contributed by atoms with Crippen molar-refractivity contribution in [3.8, 4) is 5.75 Å². The molecule has 29 heavy (non-hydrogen) atoms. The van der Waals surface area contributed by atoms with E-state index >= 15 is 0 Å². The zero-order valence-corrected chi connectivity index (χ0v) is 16.5. The molecule has 0 aliphatic carbocycles. The molecule has 0 saturated heterocycles. The minimum absolute atomic E-state index is 0.171. The maximum Gasteiger partial charge on any atom is 0.337 e. The molecular formula is C20H18ClN3O5. The first kappa shape index (κ1) is 20.3. The molecule has 0 unspecified atom stereocenters. The average Bonchev–Trinajstić information content (AvgIpc) is 3.21. The van der Waals surface area contributed by atoms with Crippen LogP contribution in [0, 0.1) is 0 Å². The summed E-state index contributed by atoms with van der Waals surface area (Å²) >= 11 is 6.18. The molecule has 3 aromatic rings. The number of amides is 1. The second-order valence-electron chi connectivity index (χ2n) is 5.98. The van der Waals surface area contributed by atoms with E-state index in [2.05, 4.69) is 15.5 Å². The molecule has 2 aromatic carbocycles. The maximum atomic E-state index is 12.3. The van der Waals surface area contributed by atoms with Gasteiger partial charge in [0, 0.05) is 23.6 Å². The Morgan fingerprint density at radius 2 is 1.93 bits per heavy atom. The maximum absolute atomic E-state index is 12.3.